The second-order valence-electron chi connectivity index (χ2n) is 0.565. The minimum Gasteiger partial charge on any atom is -0.326 e. The third-order valence-corrected chi connectivity index (χ3v) is 0. The van der Waals surface area contributed by atoms with E-state index in [9.17, 15) is 0 Å². The van der Waals surface area contributed by atoms with Gasteiger partial charge in [0.25, 0.3) is 0 Å². The van der Waals surface area contributed by atoms with Crippen molar-refractivity contribution in [1.82, 2.24) is 0 Å². The molecule has 0 saturated carbocycles. The van der Waals surface area contributed by atoms with Crippen LogP contribution < -0.4 is 0 Å². The first-order valence-electron chi connectivity index (χ1n) is 1.66. The molecule has 0 saturated heterocycles. The molecule has 64 valence electrons. The highest BCUT2D eigenvalue weighted by Gasteiger charge is 1.62. The van der Waals surface area contributed by atoms with Gasteiger partial charge in [-0.3, -0.25) is 9.13 Å². The Morgan fingerprint density at radius 2 is 0.900 bits per heavy atom. The molecule has 0 aliphatic rings. The summed E-state index contributed by atoms with van der Waals surface area (Å²) >= 11 is 0. The minimum absolute atomic E-state index is 2.50. The summed E-state index contributed by atoms with van der Waals surface area (Å²) in [6.45, 7) is 2.50. The molecule has 0 aromatic heterocycles. The van der Waals surface area contributed by atoms with E-state index in [2.05, 4.69) is 6.72 Å². The van der Waals surface area contributed by atoms with Crippen LogP contribution in [0.15, 0.2) is 0 Å². The zero-order valence-corrected chi connectivity index (χ0v) is 6.81. The molecular formula is CH9NO6P2. The van der Waals surface area contributed by atoms with Crippen LogP contribution in [-0.4, -0.2) is 26.3 Å². The standard InChI is InChI=1S/CH3N.2H3O3P/c1-2;2*1-4(2)3/h2H,1H2;2*4H,(H2,1,2,3). The number of hydrogen-bond donors (Lipinski definition) is 5. The van der Waals surface area contributed by atoms with Crippen LogP contribution in [0, 0.1) is 5.41 Å². The summed E-state index contributed by atoms with van der Waals surface area (Å²) in [6, 6.07) is 0. The Bertz CT molecular complexity index is 83.9. The molecule has 7 nitrogen and oxygen atoms in total. The first kappa shape index (κ1) is 16.5. The first-order chi connectivity index (χ1) is 4.46. The Morgan fingerprint density at radius 1 is 0.900 bits per heavy atom. The third kappa shape index (κ3) is 430000. The molecule has 0 heterocycles. The lowest BCUT2D eigenvalue weighted by atomic mass is 11.8. The van der Waals surface area contributed by atoms with E-state index in [-0.39, 0.29) is 0 Å². The fourth-order valence-corrected chi connectivity index (χ4v) is 0. The number of nitrogens with one attached hydrogen (secondary N) is 1. The van der Waals surface area contributed by atoms with Gasteiger partial charge in [0.05, 0.1) is 0 Å². The number of rotatable bonds is 0. The van der Waals surface area contributed by atoms with Gasteiger partial charge in [-0.25, -0.2) is 0 Å². The summed E-state index contributed by atoms with van der Waals surface area (Å²) in [7, 11) is -6.26. The molecule has 0 rings (SSSR count). The molecule has 0 aromatic carbocycles. The molecular weight excluding hydrogens is 184 g/mol. The van der Waals surface area contributed by atoms with E-state index in [4.69, 9.17) is 34.1 Å². The van der Waals surface area contributed by atoms with Crippen LogP contribution in [0.25, 0.3) is 0 Å². The zero-order valence-electron chi connectivity index (χ0n) is 4.81. The van der Waals surface area contributed by atoms with Crippen molar-refractivity contribution in [2.45, 2.75) is 0 Å². The van der Waals surface area contributed by atoms with E-state index >= 15 is 0 Å². The van der Waals surface area contributed by atoms with Gasteiger partial charge in [-0.2, -0.15) is 0 Å². The molecule has 0 aliphatic heterocycles. The molecule has 0 unspecified atom stereocenters. The highest BCUT2D eigenvalue weighted by Crippen LogP contribution is 1.98. The van der Waals surface area contributed by atoms with Gasteiger partial charge in [-0.15, -0.1) is 0 Å². The van der Waals surface area contributed by atoms with Crippen molar-refractivity contribution in [1.29, 1.82) is 5.41 Å². The zero-order chi connectivity index (χ0) is 9.15. The normalized spacial score (nSPS) is 7.40. The maximum absolute atomic E-state index is 8.74. The van der Waals surface area contributed by atoms with Crippen LogP contribution in [0.4, 0.5) is 0 Å². The van der Waals surface area contributed by atoms with Gasteiger partial charge in [0.2, 0.25) is 0 Å². The molecule has 10 heavy (non-hydrogen) atoms. The minimum atomic E-state index is -3.13. The van der Waals surface area contributed by atoms with Crippen LogP contribution in [-0.2, 0) is 9.13 Å². The molecule has 0 spiro atoms. The highest BCUT2D eigenvalue weighted by atomic mass is 31.1. The maximum atomic E-state index is 8.74. The molecule has 0 atom stereocenters. The quantitative estimate of drug-likeness (QED) is 0.246. The average molecular weight is 193 g/mol. The second-order valence-corrected chi connectivity index (χ2v) is 1.70. The van der Waals surface area contributed by atoms with Gasteiger partial charge in [0.15, 0.2) is 0 Å². The van der Waals surface area contributed by atoms with Gasteiger partial charge in [-0.1, -0.05) is 0 Å². The van der Waals surface area contributed by atoms with Gasteiger partial charge in [0, 0.05) is 0 Å². The van der Waals surface area contributed by atoms with Crippen molar-refractivity contribution >= 4 is 23.2 Å². The SMILES string of the molecule is C=N.O=[PH](O)O.O=[PH](O)O. The lowest BCUT2D eigenvalue weighted by Crippen LogP contribution is -1.38. The summed E-state index contributed by atoms with van der Waals surface area (Å²) in [4.78, 5) is 28.6. The summed E-state index contributed by atoms with van der Waals surface area (Å²) in [6.07, 6.45) is 0. The van der Waals surface area contributed by atoms with E-state index in [0.29, 0.717) is 0 Å². The Balaban J connectivity index is -0.0000000787. The van der Waals surface area contributed by atoms with Crippen LogP contribution in [0.5, 0.6) is 0 Å². The van der Waals surface area contributed by atoms with Gasteiger partial charge in [-0.05, 0) is 6.72 Å². The summed E-state index contributed by atoms with van der Waals surface area (Å²) in [5.41, 5.74) is 0. The monoisotopic (exact) mass is 193 g/mol. The van der Waals surface area contributed by atoms with Gasteiger partial charge >= 0.3 is 16.5 Å². The Kier molecular flexibility index (Phi) is 26.4. The lowest BCUT2D eigenvalue weighted by Gasteiger charge is -1.61. The van der Waals surface area contributed by atoms with Crippen molar-refractivity contribution < 1.29 is 28.7 Å². The van der Waals surface area contributed by atoms with E-state index < -0.39 is 16.5 Å². The summed E-state index contributed by atoms with van der Waals surface area (Å²) < 4.78 is 17.5. The fraction of sp³-hybridized carbons (Fsp3) is 0. The molecule has 9 heteroatoms. The largest absolute Gasteiger partial charge is 0.326 e. The molecule has 5 N–H and O–H groups in total. The Labute approximate surface area is 58.4 Å². The van der Waals surface area contributed by atoms with Crippen molar-refractivity contribution in [2.24, 2.45) is 0 Å². The van der Waals surface area contributed by atoms with E-state index in [1.807, 2.05) is 0 Å². The van der Waals surface area contributed by atoms with Crippen LogP contribution in [0.1, 0.15) is 0 Å². The second kappa shape index (κ2) is 16.0. The van der Waals surface area contributed by atoms with Gasteiger partial charge in [0.1, 0.15) is 0 Å². The number of hydrogen-bond acceptors (Lipinski definition) is 3. The van der Waals surface area contributed by atoms with E-state index in [0.717, 1.165) is 0 Å². The molecule has 0 radical (unpaired) electrons. The Hall–Kier alpha value is -0.0300. The average Bonchev–Trinajstić information content (AvgIpc) is 1.66. The predicted octanol–water partition coefficient (Wildman–Crippen LogP) is -1.01. The van der Waals surface area contributed by atoms with Crippen LogP contribution in [0.2, 0.25) is 0 Å². The summed E-state index contributed by atoms with van der Waals surface area (Å²) in [5, 5.41) is 5.50. The summed E-state index contributed by atoms with van der Waals surface area (Å²) in [5.74, 6) is 0. The topological polar surface area (TPSA) is 139 Å². The third-order valence-electron chi connectivity index (χ3n) is 0. The van der Waals surface area contributed by atoms with E-state index in [1.165, 1.54) is 0 Å². The first-order valence-corrected chi connectivity index (χ1v) is 4.26. The molecule has 0 bridgehead atoms. The molecule has 0 fully saturated rings. The molecule has 0 aromatic rings. The molecule has 0 amide bonds. The van der Waals surface area contributed by atoms with Crippen molar-refractivity contribution in [3.63, 3.8) is 0 Å². The fourth-order valence-electron chi connectivity index (χ4n) is 0. The van der Waals surface area contributed by atoms with Crippen molar-refractivity contribution in [3.05, 3.63) is 0 Å². The van der Waals surface area contributed by atoms with Crippen molar-refractivity contribution in [3.8, 4) is 0 Å². The predicted molar refractivity (Wildman–Crippen MR) is 36.7 cm³/mol. The van der Waals surface area contributed by atoms with Crippen LogP contribution in [0.3, 0.4) is 0 Å². The highest BCUT2D eigenvalue weighted by molar-refractivity contribution is 7.31. The van der Waals surface area contributed by atoms with E-state index in [1.54, 1.807) is 0 Å². The maximum Gasteiger partial charge on any atom is 0.314 e. The van der Waals surface area contributed by atoms with Crippen molar-refractivity contribution in [2.75, 3.05) is 0 Å². The molecule has 0 aliphatic carbocycles. The smallest absolute Gasteiger partial charge is 0.314 e. The Morgan fingerprint density at radius 3 is 0.900 bits per heavy atom. The van der Waals surface area contributed by atoms with Crippen LogP contribution >= 0.6 is 16.5 Å². The lowest BCUT2D eigenvalue weighted by molar-refractivity contribution is 0.403. The van der Waals surface area contributed by atoms with Gasteiger partial charge < -0.3 is 25.0 Å².